The predicted octanol–water partition coefficient (Wildman–Crippen LogP) is 2.87. The van der Waals surface area contributed by atoms with Gasteiger partial charge in [-0.3, -0.25) is 4.99 Å². The van der Waals surface area contributed by atoms with E-state index in [1.165, 1.54) is 11.1 Å². The standard InChI is InChI=1S/C19H26N4O/c1-14-6-5-7-17(10-14)15(2)12-22-19(20-3)23-13-16-8-9-21-18(11-16)24-4/h5-11,15H,12-13H2,1-4H3,(H2,20,22,23). The van der Waals surface area contributed by atoms with Gasteiger partial charge < -0.3 is 15.4 Å². The molecule has 2 N–H and O–H groups in total. The van der Waals surface area contributed by atoms with Crippen molar-refractivity contribution >= 4 is 5.96 Å². The molecule has 1 aromatic heterocycles. The van der Waals surface area contributed by atoms with Crippen LogP contribution in [0, 0.1) is 6.92 Å². The summed E-state index contributed by atoms with van der Waals surface area (Å²) < 4.78 is 5.14. The lowest BCUT2D eigenvalue weighted by Crippen LogP contribution is -2.38. The molecule has 24 heavy (non-hydrogen) atoms. The van der Waals surface area contributed by atoms with Gasteiger partial charge in [-0.15, -0.1) is 0 Å². The molecule has 1 atom stereocenters. The molecule has 128 valence electrons. The Bertz CT molecular complexity index is 685. The SMILES string of the molecule is CN=C(NCc1ccnc(OC)c1)NCC(C)c1cccc(C)c1. The van der Waals surface area contributed by atoms with Gasteiger partial charge in [0.2, 0.25) is 5.88 Å². The first kappa shape index (κ1) is 17.8. The lowest BCUT2D eigenvalue weighted by Gasteiger charge is -2.17. The van der Waals surface area contributed by atoms with Crippen molar-refractivity contribution in [2.45, 2.75) is 26.3 Å². The highest BCUT2D eigenvalue weighted by Gasteiger charge is 2.07. The fourth-order valence-electron chi connectivity index (χ4n) is 2.42. The van der Waals surface area contributed by atoms with E-state index in [-0.39, 0.29) is 0 Å². The van der Waals surface area contributed by atoms with Crippen LogP contribution in [-0.4, -0.2) is 31.6 Å². The molecule has 0 amide bonds. The average Bonchev–Trinajstić information content (AvgIpc) is 2.61. The second kappa shape index (κ2) is 8.91. The summed E-state index contributed by atoms with van der Waals surface area (Å²) in [6, 6.07) is 12.5. The maximum atomic E-state index is 5.14. The Hall–Kier alpha value is -2.56. The Balaban J connectivity index is 1.86. The van der Waals surface area contributed by atoms with E-state index in [9.17, 15) is 0 Å². The summed E-state index contributed by atoms with van der Waals surface area (Å²) in [5.74, 6) is 1.81. The summed E-state index contributed by atoms with van der Waals surface area (Å²) in [5.41, 5.74) is 3.71. The number of ether oxygens (including phenoxy) is 1. The van der Waals surface area contributed by atoms with E-state index in [0.29, 0.717) is 18.3 Å². The van der Waals surface area contributed by atoms with Crippen LogP contribution >= 0.6 is 0 Å². The third kappa shape index (κ3) is 5.26. The van der Waals surface area contributed by atoms with E-state index in [4.69, 9.17) is 4.74 Å². The summed E-state index contributed by atoms with van der Waals surface area (Å²) in [7, 11) is 3.40. The highest BCUT2D eigenvalue weighted by molar-refractivity contribution is 5.79. The average molecular weight is 326 g/mol. The van der Waals surface area contributed by atoms with E-state index >= 15 is 0 Å². The van der Waals surface area contributed by atoms with Gasteiger partial charge in [0.15, 0.2) is 5.96 Å². The summed E-state index contributed by atoms with van der Waals surface area (Å²) in [6.45, 7) is 5.82. The lowest BCUT2D eigenvalue weighted by atomic mass is 9.99. The summed E-state index contributed by atoms with van der Waals surface area (Å²) in [4.78, 5) is 8.39. The Kier molecular flexibility index (Phi) is 6.61. The minimum absolute atomic E-state index is 0.407. The second-order valence-electron chi connectivity index (χ2n) is 5.83. The highest BCUT2D eigenvalue weighted by atomic mass is 16.5. The van der Waals surface area contributed by atoms with Crippen molar-refractivity contribution in [3.8, 4) is 5.88 Å². The van der Waals surface area contributed by atoms with Gasteiger partial charge in [0, 0.05) is 32.4 Å². The fourth-order valence-corrected chi connectivity index (χ4v) is 2.42. The van der Waals surface area contributed by atoms with Crippen molar-refractivity contribution in [3.05, 3.63) is 59.3 Å². The molecule has 2 aromatic rings. The van der Waals surface area contributed by atoms with Crippen LogP contribution in [0.3, 0.4) is 0 Å². The molecule has 0 saturated carbocycles. The number of aromatic nitrogens is 1. The van der Waals surface area contributed by atoms with E-state index in [1.807, 2.05) is 12.1 Å². The van der Waals surface area contributed by atoms with Gasteiger partial charge in [0.25, 0.3) is 0 Å². The Morgan fingerprint density at radius 2 is 2.08 bits per heavy atom. The number of pyridine rings is 1. The number of aryl methyl sites for hydroxylation is 1. The smallest absolute Gasteiger partial charge is 0.213 e. The van der Waals surface area contributed by atoms with Gasteiger partial charge >= 0.3 is 0 Å². The van der Waals surface area contributed by atoms with Gasteiger partial charge in [0.05, 0.1) is 7.11 Å². The zero-order chi connectivity index (χ0) is 17.4. The van der Waals surface area contributed by atoms with Crippen LogP contribution in [0.4, 0.5) is 0 Å². The molecule has 2 rings (SSSR count). The number of hydrogen-bond acceptors (Lipinski definition) is 3. The first-order valence-electron chi connectivity index (χ1n) is 8.12. The van der Waals surface area contributed by atoms with Gasteiger partial charge in [-0.1, -0.05) is 36.8 Å². The minimum Gasteiger partial charge on any atom is -0.481 e. The van der Waals surface area contributed by atoms with Crippen molar-refractivity contribution in [2.24, 2.45) is 4.99 Å². The zero-order valence-corrected chi connectivity index (χ0v) is 14.8. The van der Waals surface area contributed by atoms with Crippen LogP contribution in [0.15, 0.2) is 47.6 Å². The van der Waals surface area contributed by atoms with Gasteiger partial charge in [-0.25, -0.2) is 4.98 Å². The molecule has 0 fully saturated rings. The quantitative estimate of drug-likeness (QED) is 0.633. The largest absolute Gasteiger partial charge is 0.481 e. The van der Waals surface area contributed by atoms with Crippen LogP contribution in [-0.2, 0) is 6.54 Å². The molecule has 0 aliphatic rings. The topological polar surface area (TPSA) is 58.5 Å². The summed E-state index contributed by atoms with van der Waals surface area (Å²) in [6.07, 6.45) is 1.74. The molecule has 1 heterocycles. The second-order valence-corrected chi connectivity index (χ2v) is 5.83. The number of nitrogens with one attached hydrogen (secondary N) is 2. The number of aliphatic imine (C=N–C) groups is 1. The van der Waals surface area contributed by atoms with Crippen LogP contribution in [0.1, 0.15) is 29.5 Å². The highest BCUT2D eigenvalue weighted by Crippen LogP contribution is 2.15. The molecule has 1 aromatic carbocycles. The third-order valence-corrected chi connectivity index (χ3v) is 3.88. The first-order chi connectivity index (χ1) is 11.6. The molecule has 0 aliphatic heterocycles. The van der Waals surface area contributed by atoms with Crippen LogP contribution in [0.5, 0.6) is 5.88 Å². The van der Waals surface area contributed by atoms with E-state index in [2.05, 4.69) is 58.7 Å². The molecule has 5 heteroatoms. The minimum atomic E-state index is 0.407. The van der Waals surface area contributed by atoms with Crippen LogP contribution in [0.2, 0.25) is 0 Å². The van der Waals surface area contributed by atoms with Gasteiger partial charge in [-0.05, 0) is 30.0 Å². The van der Waals surface area contributed by atoms with Crippen molar-refractivity contribution in [1.82, 2.24) is 15.6 Å². The Labute approximate surface area is 144 Å². The molecule has 0 spiro atoms. The third-order valence-electron chi connectivity index (χ3n) is 3.88. The molecular formula is C19H26N4O. The van der Waals surface area contributed by atoms with Gasteiger partial charge in [0.1, 0.15) is 0 Å². The van der Waals surface area contributed by atoms with E-state index in [1.54, 1.807) is 20.4 Å². The number of rotatable bonds is 6. The molecule has 0 aliphatic carbocycles. The number of hydrogen-bond donors (Lipinski definition) is 2. The molecule has 0 bridgehead atoms. The monoisotopic (exact) mass is 326 g/mol. The molecule has 5 nitrogen and oxygen atoms in total. The number of guanidine groups is 1. The number of methoxy groups -OCH3 is 1. The maximum Gasteiger partial charge on any atom is 0.213 e. The predicted molar refractivity (Wildman–Crippen MR) is 98.6 cm³/mol. The van der Waals surface area contributed by atoms with E-state index < -0.39 is 0 Å². The molecule has 0 saturated heterocycles. The Morgan fingerprint density at radius 3 is 2.79 bits per heavy atom. The van der Waals surface area contributed by atoms with Crippen LogP contribution < -0.4 is 15.4 Å². The van der Waals surface area contributed by atoms with Crippen molar-refractivity contribution in [3.63, 3.8) is 0 Å². The first-order valence-corrected chi connectivity index (χ1v) is 8.12. The molecular weight excluding hydrogens is 300 g/mol. The lowest BCUT2D eigenvalue weighted by molar-refractivity contribution is 0.397. The normalized spacial score (nSPS) is 12.6. The maximum absolute atomic E-state index is 5.14. The van der Waals surface area contributed by atoms with Crippen molar-refractivity contribution in [1.29, 1.82) is 0 Å². The fraction of sp³-hybridized carbons (Fsp3) is 0.368. The summed E-state index contributed by atoms with van der Waals surface area (Å²) in [5, 5.41) is 6.69. The summed E-state index contributed by atoms with van der Waals surface area (Å²) >= 11 is 0. The van der Waals surface area contributed by atoms with E-state index in [0.717, 1.165) is 18.1 Å². The molecule has 0 radical (unpaired) electrons. The van der Waals surface area contributed by atoms with Crippen molar-refractivity contribution in [2.75, 3.05) is 20.7 Å². The van der Waals surface area contributed by atoms with Gasteiger partial charge in [-0.2, -0.15) is 0 Å². The van der Waals surface area contributed by atoms with Crippen molar-refractivity contribution < 1.29 is 4.74 Å². The number of benzene rings is 1. The number of nitrogens with zero attached hydrogens (tertiary/aromatic N) is 2. The molecule has 1 unspecified atom stereocenters. The zero-order valence-electron chi connectivity index (χ0n) is 14.8. The Morgan fingerprint density at radius 1 is 1.25 bits per heavy atom. The van der Waals surface area contributed by atoms with Crippen LogP contribution in [0.25, 0.3) is 0 Å².